The molecular weight excluding hydrogens is 192 g/mol. The van der Waals surface area contributed by atoms with Gasteiger partial charge in [-0.2, -0.15) is 5.10 Å². The molecule has 1 heterocycles. The quantitative estimate of drug-likeness (QED) is 0.691. The summed E-state index contributed by atoms with van der Waals surface area (Å²) in [4.78, 5) is 0. The third kappa shape index (κ3) is 2.86. The van der Waals surface area contributed by atoms with Crippen LogP contribution >= 0.6 is 0 Å². The molecule has 5 heteroatoms. The SMILES string of the molecule is CCOCCNc1c(N)c(CC)nn1C. The number of nitrogen functional groups attached to an aromatic ring is 1. The highest BCUT2D eigenvalue weighted by Crippen LogP contribution is 2.21. The predicted molar refractivity (Wildman–Crippen MR) is 62.0 cm³/mol. The van der Waals surface area contributed by atoms with Crippen LogP contribution in [0.15, 0.2) is 0 Å². The Balaban J connectivity index is 2.56. The van der Waals surface area contributed by atoms with E-state index in [2.05, 4.69) is 10.4 Å². The maximum absolute atomic E-state index is 5.94. The van der Waals surface area contributed by atoms with Gasteiger partial charge in [-0.1, -0.05) is 6.92 Å². The summed E-state index contributed by atoms with van der Waals surface area (Å²) in [6, 6.07) is 0. The van der Waals surface area contributed by atoms with Gasteiger partial charge in [0.25, 0.3) is 0 Å². The van der Waals surface area contributed by atoms with Crippen molar-refractivity contribution in [2.75, 3.05) is 30.8 Å². The highest BCUT2D eigenvalue weighted by molar-refractivity contribution is 5.64. The summed E-state index contributed by atoms with van der Waals surface area (Å²) in [5.41, 5.74) is 7.63. The number of rotatable bonds is 6. The van der Waals surface area contributed by atoms with Crippen molar-refractivity contribution in [1.29, 1.82) is 0 Å². The molecule has 0 aromatic carbocycles. The molecule has 0 aliphatic heterocycles. The van der Waals surface area contributed by atoms with Gasteiger partial charge in [0.1, 0.15) is 5.82 Å². The third-order valence-electron chi connectivity index (χ3n) is 2.24. The van der Waals surface area contributed by atoms with E-state index in [9.17, 15) is 0 Å². The molecular formula is C10H20N4O. The van der Waals surface area contributed by atoms with Crippen LogP contribution in [0.4, 0.5) is 11.5 Å². The van der Waals surface area contributed by atoms with Crippen molar-refractivity contribution in [2.45, 2.75) is 20.3 Å². The average molecular weight is 212 g/mol. The van der Waals surface area contributed by atoms with Gasteiger partial charge in [0.15, 0.2) is 0 Å². The van der Waals surface area contributed by atoms with Gasteiger partial charge < -0.3 is 15.8 Å². The number of nitrogens with two attached hydrogens (primary N) is 1. The zero-order valence-electron chi connectivity index (χ0n) is 9.71. The molecule has 0 saturated carbocycles. The first-order valence-corrected chi connectivity index (χ1v) is 5.33. The number of ether oxygens (including phenoxy) is 1. The number of aromatic nitrogens is 2. The average Bonchev–Trinajstić information content (AvgIpc) is 2.50. The van der Waals surface area contributed by atoms with Crippen LogP contribution in [0.3, 0.4) is 0 Å². The molecule has 0 aliphatic rings. The summed E-state index contributed by atoms with van der Waals surface area (Å²) >= 11 is 0. The van der Waals surface area contributed by atoms with Gasteiger partial charge in [-0.15, -0.1) is 0 Å². The number of aryl methyl sites for hydroxylation is 2. The number of nitrogens with zero attached hydrogens (tertiary/aromatic N) is 2. The monoisotopic (exact) mass is 212 g/mol. The van der Waals surface area contributed by atoms with E-state index in [1.807, 2.05) is 20.9 Å². The van der Waals surface area contributed by atoms with Crippen LogP contribution in [0, 0.1) is 0 Å². The lowest BCUT2D eigenvalue weighted by Gasteiger charge is -2.07. The van der Waals surface area contributed by atoms with Gasteiger partial charge >= 0.3 is 0 Å². The van der Waals surface area contributed by atoms with E-state index in [4.69, 9.17) is 10.5 Å². The van der Waals surface area contributed by atoms with Crippen LogP contribution < -0.4 is 11.1 Å². The molecule has 3 N–H and O–H groups in total. The van der Waals surface area contributed by atoms with E-state index in [-0.39, 0.29) is 0 Å². The molecule has 0 bridgehead atoms. The van der Waals surface area contributed by atoms with Gasteiger partial charge in [-0.05, 0) is 13.3 Å². The molecule has 1 aromatic heterocycles. The van der Waals surface area contributed by atoms with Crippen LogP contribution in [-0.4, -0.2) is 29.5 Å². The van der Waals surface area contributed by atoms with Gasteiger partial charge in [0, 0.05) is 20.2 Å². The zero-order chi connectivity index (χ0) is 11.3. The Morgan fingerprint density at radius 3 is 2.73 bits per heavy atom. The zero-order valence-corrected chi connectivity index (χ0v) is 9.71. The maximum atomic E-state index is 5.94. The fourth-order valence-corrected chi connectivity index (χ4v) is 1.45. The lowest BCUT2D eigenvalue weighted by Crippen LogP contribution is -2.12. The van der Waals surface area contributed by atoms with Crippen molar-refractivity contribution in [3.05, 3.63) is 5.69 Å². The summed E-state index contributed by atoms with van der Waals surface area (Å²) < 4.78 is 7.01. The van der Waals surface area contributed by atoms with E-state index in [0.29, 0.717) is 6.61 Å². The Hall–Kier alpha value is -1.23. The number of nitrogens with one attached hydrogen (secondary N) is 1. The van der Waals surface area contributed by atoms with E-state index < -0.39 is 0 Å². The Morgan fingerprint density at radius 1 is 1.47 bits per heavy atom. The summed E-state index contributed by atoms with van der Waals surface area (Å²) in [5, 5.41) is 7.54. The topological polar surface area (TPSA) is 65.1 Å². The van der Waals surface area contributed by atoms with Crippen LogP contribution in [0.2, 0.25) is 0 Å². The fraction of sp³-hybridized carbons (Fsp3) is 0.700. The minimum atomic E-state index is 0.683. The van der Waals surface area contributed by atoms with Gasteiger partial charge in [0.05, 0.1) is 18.0 Å². The summed E-state index contributed by atoms with van der Waals surface area (Å²) in [5.74, 6) is 0.881. The molecule has 5 nitrogen and oxygen atoms in total. The molecule has 0 unspecified atom stereocenters. The van der Waals surface area contributed by atoms with E-state index >= 15 is 0 Å². The first-order chi connectivity index (χ1) is 7.20. The third-order valence-corrected chi connectivity index (χ3v) is 2.24. The fourth-order valence-electron chi connectivity index (χ4n) is 1.45. The van der Waals surface area contributed by atoms with E-state index in [0.717, 1.165) is 36.8 Å². The number of hydrogen-bond donors (Lipinski definition) is 2. The van der Waals surface area contributed by atoms with Crippen molar-refractivity contribution in [3.8, 4) is 0 Å². The second kappa shape index (κ2) is 5.60. The molecule has 0 amide bonds. The lowest BCUT2D eigenvalue weighted by molar-refractivity contribution is 0.158. The molecule has 0 radical (unpaired) electrons. The normalized spacial score (nSPS) is 10.6. The first-order valence-electron chi connectivity index (χ1n) is 5.33. The molecule has 0 spiro atoms. The van der Waals surface area contributed by atoms with Gasteiger partial charge in [-0.25, -0.2) is 0 Å². The van der Waals surface area contributed by atoms with E-state index in [1.54, 1.807) is 4.68 Å². The number of anilines is 2. The van der Waals surface area contributed by atoms with Crippen LogP contribution in [0.25, 0.3) is 0 Å². The standard InChI is InChI=1S/C10H20N4O/c1-4-8-9(11)10(14(3)13-8)12-6-7-15-5-2/h12H,4-7,11H2,1-3H3. The Labute approximate surface area is 90.6 Å². The lowest BCUT2D eigenvalue weighted by atomic mass is 10.3. The smallest absolute Gasteiger partial charge is 0.147 e. The molecule has 0 fully saturated rings. The van der Waals surface area contributed by atoms with Crippen molar-refractivity contribution in [3.63, 3.8) is 0 Å². The van der Waals surface area contributed by atoms with Crippen molar-refractivity contribution < 1.29 is 4.74 Å². The molecule has 86 valence electrons. The predicted octanol–water partition coefficient (Wildman–Crippen LogP) is 1.01. The van der Waals surface area contributed by atoms with Crippen LogP contribution in [0.1, 0.15) is 19.5 Å². The minimum absolute atomic E-state index is 0.683. The Kier molecular flexibility index (Phi) is 4.42. The summed E-state index contributed by atoms with van der Waals surface area (Å²) in [6.45, 7) is 6.20. The largest absolute Gasteiger partial charge is 0.394 e. The summed E-state index contributed by atoms with van der Waals surface area (Å²) in [7, 11) is 1.89. The second-order valence-electron chi connectivity index (χ2n) is 3.31. The molecule has 1 rings (SSSR count). The summed E-state index contributed by atoms with van der Waals surface area (Å²) in [6.07, 6.45) is 0.854. The van der Waals surface area contributed by atoms with Crippen molar-refractivity contribution >= 4 is 11.5 Å². The van der Waals surface area contributed by atoms with Crippen molar-refractivity contribution in [2.24, 2.45) is 7.05 Å². The molecule has 15 heavy (non-hydrogen) atoms. The molecule has 0 aliphatic carbocycles. The number of hydrogen-bond acceptors (Lipinski definition) is 4. The van der Waals surface area contributed by atoms with Crippen molar-refractivity contribution in [1.82, 2.24) is 9.78 Å². The van der Waals surface area contributed by atoms with Gasteiger partial charge in [-0.3, -0.25) is 4.68 Å². The highest BCUT2D eigenvalue weighted by Gasteiger charge is 2.10. The minimum Gasteiger partial charge on any atom is -0.394 e. The Bertz CT molecular complexity index is 309. The molecule has 0 saturated heterocycles. The Morgan fingerprint density at radius 2 is 2.20 bits per heavy atom. The highest BCUT2D eigenvalue weighted by atomic mass is 16.5. The maximum Gasteiger partial charge on any atom is 0.147 e. The van der Waals surface area contributed by atoms with Crippen LogP contribution in [0.5, 0.6) is 0 Å². The first kappa shape index (κ1) is 11.8. The molecule has 0 atom stereocenters. The second-order valence-corrected chi connectivity index (χ2v) is 3.31. The molecule has 1 aromatic rings. The van der Waals surface area contributed by atoms with Gasteiger partial charge in [0.2, 0.25) is 0 Å². The van der Waals surface area contributed by atoms with Crippen LogP contribution in [-0.2, 0) is 18.2 Å². The van der Waals surface area contributed by atoms with E-state index in [1.165, 1.54) is 0 Å².